The minimum absolute atomic E-state index is 0.0104. The Labute approximate surface area is 284 Å². The Bertz CT molecular complexity index is 1880. The molecule has 11 heteroatoms. The molecular weight excluding hydrogens is 625 g/mol. The summed E-state index contributed by atoms with van der Waals surface area (Å²) in [5, 5.41) is 0. The van der Waals surface area contributed by atoms with Crippen LogP contribution >= 0.6 is 0 Å². The van der Waals surface area contributed by atoms with Gasteiger partial charge in [-0.3, -0.25) is 4.79 Å². The number of amides is 1. The molecule has 0 unspecified atom stereocenters. The van der Waals surface area contributed by atoms with Gasteiger partial charge in [-0.2, -0.15) is 4.98 Å². The number of ether oxygens (including phenoxy) is 1. The van der Waals surface area contributed by atoms with Gasteiger partial charge in [-0.1, -0.05) is 51.1 Å². The van der Waals surface area contributed by atoms with Crippen LogP contribution in [0.15, 0.2) is 71.6 Å². The molecule has 1 atom stereocenters. The fourth-order valence-electron chi connectivity index (χ4n) is 5.70. The number of aromatic nitrogens is 3. The van der Waals surface area contributed by atoms with Crippen LogP contribution in [-0.4, -0.2) is 59.9 Å². The molecule has 4 bridgehead atoms. The Morgan fingerprint density at radius 1 is 0.979 bits per heavy atom. The van der Waals surface area contributed by atoms with Crippen molar-refractivity contribution in [1.29, 1.82) is 0 Å². The molecule has 3 heterocycles. The van der Waals surface area contributed by atoms with Gasteiger partial charge < -0.3 is 14.5 Å². The smallest absolute Gasteiger partial charge is 0.264 e. The summed E-state index contributed by atoms with van der Waals surface area (Å²) in [6, 6.07) is 19.4. The first-order chi connectivity index (χ1) is 22.6. The minimum Gasteiger partial charge on any atom is -0.475 e. The van der Waals surface area contributed by atoms with Crippen molar-refractivity contribution < 1.29 is 17.9 Å². The number of sulfonamides is 1. The maximum absolute atomic E-state index is 14.5. The summed E-state index contributed by atoms with van der Waals surface area (Å²) in [5.41, 5.74) is 4.32. The number of aryl methyl sites for hydroxylation is 2. The van der Waals surface area contributed by atoms with Gasteiger partial charge in [-0.25, -0.2) is 23.1 Å². The predicted octanol–water partition coefficient (Wildman–Crippen LogP) is 7.03. The molecule has 10 nitrogen and oxygen atoms in total. The SMILES string of the molecule is Cc1cccc(C)c1-c1cc2nc(n1)NS(=O)(=O)c1cccc(c1)C(=O)N(Cc1cccc(N(C)C(C)C)n1)[C@H](CCC(C)(C)C)CO2. The van der Waals surface area contributed by atoms with Gasteiger partial charge in [0.15, 0.2) is 0 Å². The third-order valence-corrected chi connectivity index (χ3v) is 10.00. The standard InChI is InChI=1S/C37H46N6O4S/c1-24(2)42(8)32-17-11-15-28(38-32)22-43-29(18-19-37(5,6)7)23-47-33-21-31(34-25(3)12-9-13-26(34)4)39-36(40-33)41-48(45,46)30-16-10-14-27(20-30)35(43)44/h9-17,20-21,24,29H,18-19,22-23H2,1-8H3,(H,39,40,41)/t29-/m1/s1. The van der Waals surface area contributed by atoms with Crippen molar-refractivity contribution in [2.24, 2.45) is 5.41 Å². The lowest BCUT2D eigenvalue weighted by Gasteiger charge is -2.34. The first-order valence-corrected chi connectivity index (χ1v) is 17.8. The van der Waals surface area contributed by atoms with E-state index in [9.17, 15) is 13.2 Å². The zero-order valence-corrected chi connectivity index (χ0v) is 29.9. The lowest BCUT2D eigenvalue weighted by atomic mass is 9.88. The highest BCUT2D eigenvalue weighted by Crippen LogP contribution is 2.31. The molecule has 1 amide bonds. The first-order valence-electron chi connectivity index (χ1n) is 16.3. The van der Waals surface area contributed by atoms with E-state index in [1.54, 1.807) is 23.1 Å². The van der Waals surface area contributed by atoms with E-state index in [1.807, 2.05) is 57.3 Å². The average Bonchev–Trinajstić information content (AvgIpc) is 3.02. The van der Waals surface area contributed by atoms with E-state index < -0.39 is 10.0 Å². The number of hydrogen-bond donors (Lipinski definition) is 1. The van der Waals surface area contributed by atoms with Crippen LogP contribution in [0.25, 0.3) is 11.3 Å². The molecule has 0 fully saturated rings. The van der Waals surface area contributed by atoms with Crippen LogP contribution in [0, 0.1) is 19.3 Å². The molecule has 1 aliphatic heterocycles. The second kappa shape index (κ2) is 13.9. The van der Waals surface area contributed by atoms with Crippen molar-refractivity contribution in [3.05, 3.63) is 89.1 Å². The molecule has 5 rings (SSSR count). The summed E-state index contributed by atoms with van der Waals surface area (Å²) in [6.45, 7) is 15.0. The number of rotatable bonds is 7. The Kier molecular flexibility index (Phi) is 10.1. The number of carbonyl (C=O) groups is 1. The van der Waals surface area contributed by atoms with Crippen LogP contribution in [0.3, 0.4) is 0 Å². The highest BCUT2D eigenvalue weighted by molar-refractivity contribution is 7.92. The third-order valence-electron chi connectivity index (χ3n) is 8.67. The van der Waals surface area contributed by atoms with Crippen LogP contribution in [0.1, 0.15) is 74.6 Å². The molecule has 0 saturated carbocycles. The molecule has 1 aliphatic rings. The summed E-state index contributed by atoms with van der Waals surface area (Å²) in [6.07, 6.45) is 1.45. The number of benzene rings is 2. The Hall–Kier alpha value is -4.51. The number of hydrogen-bond acceptors (Lipinski definition) is 8. The van der Waals surface area contributed by atoms with Crippen molar-refractivity contribution in [1.82, 2.24) is 19.9 Å². The fraction of sp³-hybridized carbons (Fsp3) is 0.405. The fourth-order valence-corrected chi connectivity index (χ4v) is 6.69. The van der Waals surface area contributed by atoms with Gasteiger partial charge in [0.1, 0.15) is 12.4 Å². The molecule has 0 radical (unpaired) electrons. The summed E-state index contributed by atoms with van der Waals surface area (Å²) in [7, 11) is -2.17. The first kappa shape index (κ1) is 34.8. The van der Waals surface area contributed by atoms with E-state index in [0.717, 1.165) is 28.9 Å². The van der Waals surface area contributed by atoms with Crippen LogP contribution in [0.5, 0.6) is 5.88 Å². The molecule has 48 heavy (non-hydrogen) atoms. The van der Waals surface area contributed by atoms with Crippen molar-refractivity contribution in [2.45, 2.75) is 84.8 Å². The van der Waals surface area contributed by atoms with E-state index in [2.05, 4.69) is 54.2 Å². The normalized spacial score (nSPS) is 16.3. The molecule has 254 valence electrons. The molecule has 2 aromatic carbocycles. The van der Waals surface area contributed by atoms with E-state index >= 15 is 0 Å². The van der Waals surface area contributed by atoms with Gasteiger partial charge in [-0.15, -0.1) is 0 Å². The van der Waals surface area contributed by atoms with Crippen molar-refractivity contribution in [2.75, 3.05) is 23.3 Å². The molecule has 2 aromatic heterocycles. The molecular formula is C37H46N6O4S. The zero-order valence-electron chi connectivity index (χ0n) is 29.1. The predicted molar refractivity (Wildman–Crippen MR) is 190 cm³/mol. The van der Waals surface area contributed by atoms with Crippen LogP contribution < -0.4 is 14.4 Å². The van der Waals surface area contributed by atoms with Gasteiger partial charge in [0, 0.05) is 30.3 Å². The Morgan fingerprint density at radius 3 is 2.35 bits per heavy atom. The Balaban J connectivity index is 1.65. The van der Waals surface area contributed by atoms with Gasteiger partial charge >= 0.3 is 0 Å². The Morgan fingerprint density at radius 2 is 1.67 bits per heavy atom. The zero-order chi connectivity index (χ0) is 34.8. The number of anilines is 2. The lowest BCUT2D eigenvalue weighted by Crippen LogP contribution is -2.44. The average molecular weight is 671 g/mol. The summed E-state index contributed by atoms with van der Waals surface area (Å²) < 4.78 is 36.3. The number of nitrogens with zero attached hydrogens (tertiary/aromatic N) is 5. The molecule has 0 spiro atoms. The van der Waals surface area contributed by atoms with Crippen molar-refractivity contribution in [3.63, 3.8) is 0 Å². The molecule has 0 aliphatic carbocycles. The van der Waals surface area contributed by atoms with Crippen LogP contribution in [0.2, 0.25) is 0 Å². The summed E-state index contributed by atoms with van der Waals surface area (Å²) in [4.78, 5) is 32.3. The molecule has 1 N–H and O–H groups in total. The van der Waals surface area contributed by atoms with E-state index in [-0.39, 0.29) is 58.8 Å². The number of carbonyl (C=O) groups excluding carboxylic acids is 1. The largest absolute Gasteiger partial charge is 0.475 e. The van der Waals surface area contributed by atoms with E-state index in [0.29, 0.717) is 17.8 Å². The van der Waals surface area contributed by atoms with Crippen molar-refractivity contribution in [3.8, 4) is 17.1 Å². The second-order valence-corrected chi connectivity index (χ2v) is 15.7. The summed E-state index contributed by atoms with van der Waals surface area (Å²) >= 11 is 0. The van der Waals surface area contributed by atoms with Crippen LogP contribution in [0.4, 0.5) is 11.8 Å². The highest BCUT2D eigenvalue weighted by atomic mass is 32.2. The number of nitrogens with one attached hydrogen (secondary N) is 1. The lowest BCUT2D eigenvalue weighted by molar-refractivity contribution is 0.0550. The van der Waals surface area contributed by atoms with Gasteiger partial charge in [0.2, 0.25) is 11.8 Å². The number of fused-ring (bicyclic) bond motifs is 4. The van der Waals surface area contributed by atoms with Gasteiger partial charge in [0.05, 0.1) is 28.9 Å². The maximum Gasteiger partial charge on any atom is 0.264 e. The molecule has 4 aromatic rings. The van der Waals surface area contributed by atoms with Crippen LogP contribution in [-0.2, 0) is 16.6 Å². The summed E-state index contributed by atoms with van der Waals surface area (Å²) in [5.74, 6) is 0.583. The quantitative estimate of drug-likeness (QED) is 0.223. The highest BCUT2D eigenvalue weighted by Gasteiger charge is 2.30. The topological polar surface area (TPSA) is 118 Å². The van der Waals surface area contributed by atoms with Crippen molar-refractivity contribution >= 4 is 27.7 Å². The second-order valence-electron chi connectivity index (χ2n) is 14.0. The molecule has 0 saturated heterocycles. The third kappa shape index (κ3) is 8.13. The van der Waals surface area contributed by atoms with E-state index in [1.165, 1.54) is 12.1 Å². The number of pyridine rings is 1. The maximum atomic E-state index is 14.5. The monoisotopic (exact) mass is 670 g/mol. The van der Waals surface area contributed by atoms with Gasteiger partial charge in [-0.05, 0) is 87.4 Å². The van der Waals surface area contributed by atoms with E-state index in [4.69, 9.17) is 9.72 Å². The van der Waals surface area contributed by atoms with Gasteiger partial charge in [0.25, 0.3) is 15.9 Å². The minimum atomic E-state index is -4.16.